The lowest BCUT2D eigenvalue weighted by Gasteiger charge is -2.20. The van der Waals surface area contributed by atoms with Crippen LogP contribution in [0.4, 0.5) is 34.3 Å². The first-order valence-electron chi connectivity index (χ1n) is 10.8. The summed E-state index contributed by atoms with van der Waals surface area (Å²) in [5, 5.41) is 6.82. The largest absolute Gasteiger partial charge is 0.354 e. The third-order valence-corrected chi connectivity index (χ3v) is 6.04. The molecule has 3 aromatic rings. The molecule has 0 aliphatic carbocycles. The SMILES string of the molecule is CC(=O)N1CCc2cc(Nc3cc(Nc4cccc5c4N(C(C)=O)CC5)ccn3)ccc21. The summed E-state index contributed by atoms with van der Waals surface area (Å²) in [6.07, 6.45) is 3.47. The van der Waals surface area contributed by atoms with Gasteiger partial charge in [-0.15, -0.1) is 0 Å². The van der Waals surface area contributed by atoms with Crippen LogP contribution < -0.4 is 20.4 Å². The highest BCUT2D eigenvalue weighted by Crippen LogP contribution is 2.37. The summed E-state index contributed by atoms with van der Waals surface area (Å²) < 4.78 is 0. The minimum Gasteiger partial charge on any atom is -0.354 e. The molecule has 2 N–H and O–H groups in total. The summed E-state index contributed by atoms with van der Waals surface area (Å²) in [5.41, 5.74) is 7.00. The molecule has 0 unspecified atom stereocenters. The molecule has 0 fully saturated rings. The fraction of sp³-hybridized carbons (Fsp3) is 0.240. The maximum absolute atomic E-state index is 12.1. The van der Waals surface area contributed by atoms with Gasteiger partial charge in [0, 0.05) is 56.3 Å². The molecule has 7 nitrogen and oxygen atoms in total. The molecular weight excluding hydrogens is 402 g/mol. The van der Waals surface area contributed by atoms with Gasteiger partial charge in [0.2, 0.25) is 11.8 Å². The van der Waals surface area contributed by atoms with Crippen LogP contribution in [0.3, 0.4) is 0 Å². The van der Waals surface area contributed by atoms with E-state index in [9.17, 15) is 9.59 Å². The number of para-hydroxylation sites is 1. The molecule has 2 aliphatic heterocycles. The zero-order chi connectivity index (χ0) is 22.2. The second-order valence-corrected chi connectivity index (χ2v) is 8.18. The Kier molecular flexibility index (Phi) is 5.01. The first-order chi connectivity index (χ1) is 15.5. The molecule has 0 saturated heterocycles. The average Bonchev–Trinajstić information content (AvgIpc) is 3.39. The number of carbonyl (C=O) groups excluding carboxylic acids is 2. The second-order valence-electron chi connectivity index (χ2n) is 8.18. The van der Waals surface area contributed by atoms with Crippen molar-refractivity contribution in [1.82, 2.24) is 4.98 Å². The Labute approximate surface area is 187 Å². The van der Waals surface area contributed by atoms with E-state index in [1.807, 2.05) is 46.2 Å². The lowest BCUT2D eigenvalue weighted by molar-refractivity contribution is -0.117. The van der Waals surface area contributed by atoms with E-state index in [4.69, 9.17) is 0 Å². The maximum atomic E-state index is 12.1. The number of aromatic nitrogens is 1. The molecule has 2 aromatic carbocycles. The molecule has 2 amide bonds. The van der Waals surface area contributed by atoms with Gasteiger partial charge in [0.1, 0.15) is 5.82 Å². The van der Waals surface area contributed by atoms with E-state index < -0.39 is 0 Å². The number of pyridine rings is 1. The Morgan fingerprint density at radius 1 is 0.844 bits per heavy atom. The van der Waals surface area contributed by atoms with E-state index in [2.05, 4.69) is 27.8 Å². The zero-order valence-corrected chi connectivity index (χ0v) is 18.2. The third kappa shape index (κ3) is 3.66. The molecular formula is C25H25N5O2. The molecule has 0 spiro atoms. The van der Waals surface area contributed by atoms with Gasteiger partial charge >= 0.3 is 0 Å². The van der Waals surface area contributed by atoms with Gasteiger partial charge in [-0.05, 0) is 54.3 Å². The molecule has 1 aromatic heterocycles. The summed E-state index contributed by atoms with van der Waals surface area (Å²) in [6.45, 7) is 4.64. The van der Waals surface area contributed by atoms with Crippen molar-refractivity contribution >= 4 is 46.1 Å². The highest BCUT2D eigenvalue weighted by Gasteiger charge is 2.25. The third-order valence-electron chi connectivity index (χ3n) is 6.04. The fourth-order valence-electron chi connectivity index (χ4n) is 4.56. The lowest BCUT2D eigenvalue weighted by atomic mass is 10.1. The molecule has 2 aliphatic rings. The van der Waals surface area contributed by atoms with Crippen molar-refractivity contribution < 1.29 is 9.59 Å². The van der Waals surface area contributed by atoms with Crippen molar-refractivity contribution in [3.63, 3.8) is 0 Å². The predicted molar refractivity (Wildman–Crippen MR) is 127 cm³/mol. The van der Waals surface area contributed by atoms with Gasteiger partial charge in [-0.2, -0.15) is 0 Å². The van der Waals surface area contributed by atoms with E-state index >= 15 is 0 Å². The standard InChI is InChI=1S/C25H25N5O2/c1-16(31)29-12-10-19-14-20(6-7-23(19)29)28-24-15-21(8-11-26-24)27-22-5-3-4-18-9-13-30(17(2)32)25(18)22/h3-8,11,14-15H,9-10,12-13H2,1-2H3,(H2,26,27,28). The number of hydrogen-bond acceptors (Lipinski definition) is 5. The summed E-state index contributed by atoms with van der Waals surface area (Å²) in [4.78, 5) is 31.9. The summed E-state index contributed by atoms with van der Waals surface area (Å²) in [6, 6.07) is 16.0. The molecule has 0 saturated carbocycles. The monoisotopic (exact) mass is 427 g/mol. The number of benzene rings is 2. The molecule has 0 atom stereocenters. The number of rotatable bonds is 4. The summed E-state index contributed by atoms with van der Waals surface area (Å²) in [7, 11) is 0. The van der Waals surface area contributed by atoms with E-state index in [1.165, 1.54) is 5.56 Å². The normalized spacial score (nSPS) is 14.2. The second kappa shape index (κ2) is 8.00. The predicted octanol–water partition coefficient (Wildman–Crippen LogP) is 4.39. The van der Waals surface area contributed by atoms with Crippen LogP contribution in [0.2, 0.25) is 0 Å². The minimum absolute atomic E-state index is 0.0510. The molecule has 162 valence electrons. The Balaban J connectivity index is 1.37. The zero-order valence-electron chi connectivity index (χ0n) is 18.2. The molecule has 3 heterocycles. The minimum atomic E-state index is 0.0510. The van der Waals surface area contributed by atoms with Crippen molar-refractivity contribution in [3.05, 3.63) is 65.9 Å². The van der Waals surface area contributed by atoms with Crippen molar-refractivity contribution in [2.24, 2.45) is 0 Å². The highest BCUT2D eigenvalue weighted by atomic mass is 16.2. The van der Waals surface area contributed by atoms with Gasteiger partial charge in [0.25, 0.3) is 0 Å². The Morgan fingerprint density at radius 2 is 1.59 bits per heavy atom. The van der Waals surface area contributed by atoms with Gasteiger partial charge in [0.15, 0.2) is 0 Å². The van der Waals surface area contributed by atoms with Crippen LogP contribution in [0.1, 0.15) is 25.0 Å². The fourth-order valence-corrected chi connectivity index (χ4v) is 4.56. The van der Waals surface area contributed by atoms with Crippen LogP contribution in [0.15, 0.2) is 54.7 Å². The van der Waals surface area contributed by atoms with E-state index in [1.54, 1.807) is 20.0 Å². The van der Waals surface area contributed by atoms with Crippen molar-refractivity contribution in [2.75, 3.05) is 33.5 Å². The Hall–Kier alpha value is -3.87. The maximum Gasteiger partial charge on any atom is 0.223 e. The molecule has 0 radical (unpaired) electrons. The summed E-state index contributed by atoms with van der Waals surface area (Å²) >= 11 is 0. The Morgan fingerprint density at radius 3 is 2.41 bits per heavy atom. The van der Waals surface area contributed by atoms with Gasteiger partial charge in [-0.3, -0.25) is 9.59 Å². The molecule has 0 bridgehead atoms. The lowest BCUT2D eigenvalue weighted by Crippen LogP contribution is -2.26. The summed E-state index contributed by atoms with van der Waals surface area (Å²) in [5.74, 6) is 0.836. The average molecular weight is 428 g/mol. The molecule has 32 heavy (non-hydrogen) atoms. The van der Waals surface area contributed by atoms with Crippen LogP contribution in [-0.2, 0) is 22.4 Å². The number of fused-ring (bicyclic) bond motifs is 2. The number of hydrogen-bond donors (Lipinski definition) is 2. The molecule has 5 rings (SSSR count). The van der Waals surface area contributed by atoms with Crippen molar-refractivity contribution in [1.29, 1.82) is 0 Å². The van der Waals surface area contributed by atoms with Gasteiger partial charge in [0.05, 0.1) is 11.4 Å². The van der Waals surface area contributed by atoms with Crippen molar-refractivity contribution in [2.45, 2.75) is 26.7 Å². The topological polar surface area (TPSA) is 77.6 Å². The van der Waals surface area contributed by atoms with Crippen molar-refractivity contribution in [3.8, 4) is 0 Å². The van der Waals surface area contributed by atoms with Crippen LogP contribution >= 0.6 is 0 Å². The molecule has 7 heteroatoms. The quantitative estimate of drug-likeness (QED) is 0.646. The Bertz CT molecular complexity index is 1220. The van der Waals surface area contributed by atoms with Crippen LogP contribution in [0.5, 0.6) is 0 Å². The van der Waals surface area contributed by atoms with Crippen LogP contribution in [0, 0.1) is 0 Å². The first kappa shape index (κ1) is 20.1. The van der Waals surface area contributed by atoms with Gasteiger partial charge < -0.3 is 20.4 Å². The number of nitrogens with zero attached hydrogens (tertiary/aromatic N) is 3. The highest BCUT2D eigenvalue weighted by molar-refractivity contribution is 5.98. The van der Waals surface area contributed by atoms with Gasteiger partial charge in [-0.25, -0.2) is 4.98 Å². The van der Waals surface area contributed by atoms with E-state index in [0.29, 0.717) is 12.4 Å². The van der Waals surface area contributed by atoms with Gasteiger partial charge in [-0.1, -0.05) is 12.1 Å². The number of nitrogens with one attached hydrogen (secondary N) is 2. The van der Waals surface area contributed by atoms with E-state index in [0.717, 1.165) is 53.4 Å². The first-order valence-corrected chi connectivity index (χ1v) is 10.8. The number of amides is 2. The van der Waals surface area contributed by atoms with E-state index in [-0.39, 0.29) is 11.8 Å². The smallest absolute Gasteiger partial charge is 0.223 e. The number of carbonyl (C=O) groups is 2. The number of anilines is 6. The van der Waals surface area contributed by atoms with Crippen LogP contribution in [-0.4, -0.2) is 29.9 Å². The van der Waals surface area contributed by atoms with Crippen LogP contribution in [0.25, 0.3) is 0 Å².